The van der Waals surface area contributed by atoms with Gasteiger partial charge in [0.15, 0.2) is 9.84 Å². The van der Waals surface area contributed by atoms with Crippen LogP contribution in [0.5, 0.6) is 0 Å². The van der Waals surface area contributed by atoms with Crippen LogP contribution in [0.4, 0.5) is 0 Å². The lowest BCUT2D eigenvalue weighted by Crippen LogP contribution is -2.30. The van der Waals surface area contributed by atoms with Crippen molar-refractivity contribution in [3.8, 4) is 0 Å². The van der Waals surface area contributed by atoms with Crippen LogP contribution < -0.4 is 5.32 Å². The van der Waals surface area contributed by atoms with Gasteiger partial charge >= 0.3 is 0 Å². The zero-order valence-corrected chi connectivity index (χ0v) is 10.1. The van der Waals surface area contributed by atoms with E-state index < -0.39 is 15.8 Å². The molecule has 1 fully saturated rings. The first kappa shape index (κ1) is 12.0. The summed E-state index contributed by atoms with van der Waals surface area (Å²) in [5, 5.41) is 2.74. The van der Waals surface area contributed by atoms with Crippen LogP contribution >= 0.6 is 0 Å². The van der Waals surface area contributed by atoms with Gasteiger partial charge < -0.3 is 5.32 Å². The molecule has 1 aliphatic heterocycles. The molecule has 1 N–H and O–H groups in total. The van der Waals surface area contributed by atoms with Crippen molar-refractivity contribution in [2.75, 3.05) is 11.5 Å². The zero-order valence-electron chi connectivity index (χ0n) is 9.30. The highest BCUT2D eigenvalue weighted by molar-refractivity contribution is 7.91. The Balaban J connectivity index is 1.87. The summed E-state index contributed by atoms with van der Waals surface area (Å²) in [7, 11) is -3.00. The third-order valence-corrected chi connectivity index (χ3v) is 4.56. The van der Waals surface area contributed by atoms with E-state index in [1.165, 1.54) is 0 Å². The molecule has 1 amide bonds. The van der Waals surface area contributed by atoms with Crippen LogP contribution in [-0.2, 0) is 21.2 Å². The first-order chi connectivity index (χ1) is 8.07. The molecule has 6 heteroatoms. The summed E-state index contributed by atoms with van der Waals surface area (Å²) in [5.74, 6) is -0.476. The molecule has 2 heterocycles. The minimum Gasteiger partial charge on any atom is -0.352 e. The van der Waals surface area contributed by atoms with Gasteiger partial charge in [0, 0.05) is 18.9 Å². The van der Waals surface area contributed by atoms with Gasteiger partial charge in [-0.3, -0.25) is 9.78 Å². The number of amides is 1. The summed E-state index contributed by atoms with van der Waals surface area (Å²) in [5.41, 5.74) is 0.904. The van der Waals surface area contributed by atoms with Crippen molar-refractivity contribution >= 4 is 15.7 Å². The lowest BCUT2D eigenvalue weighted by atomic mass is 10.1. The Bertz CT molecular complexity index is 499. The molecule has 0 bridgehead atoms. The smallest absolute Gasteiger partial charge is 0.224 e. The van der Waals surface area contributed by atoms with Gasteiger partial charge in [-0.05, 0) is 18.1 Å². The minimum atomic E-state index is -3.00. The van der Waals surface area contributed by atoms with E-state index >= 15 is 0 Å². The van der Waals surface area contributed by atoms with Gasteiger partial charge in [0.2, 0.25) is 5.91 Å². The van der Waals surface area contributed by atoms with Crippen molar-refractivity contribution in [2.45, 2.75) is 13.0 Å². The molecular formula is C11H14N2O3S. The summed E-state index contributed by atoms with van der Waals surface area (Å²) in [6.45, 7) is 0.392. The van der Waals surface area contributed by atoms with Gasteiger partial charge in [-0.2, -0.15) is 0 Å². The maximum atomic E-state index is 11.7. The van der Waals surface area contributed by atoms with Gasteiger partial charge in [0.1, 0.15) is 0 Å². The fourth-order valence-electron chi connectivity index (χ4n) is 1.84. The number of nitrogens with one attached hydrogen (secondary N) is 1. The molecule has 1 aromatic heterocycles. The lowest BCUT2D eigenvalue weighted by Gasteiger charge is -2.08. The summed E-state index contributed by atoms with van der Waals surface area (Å²) in [4.78, 5) is 15.6. The monoisotopic (exact) mass is 254 g/mol. The fourth-order valence-corrected chi connectivity index (χ4v) is 3.58. The quantitative estimate of drug-likeness (QED) is 0.832. The molecule has 1 aliphatic rings. The average Bonchev–Trinajstić information content (AvgIpc) is 2.68. The average molecular weight is 254 g/mol. The maximum Gasteiger partial charge on any atom is 0.224 e. The predicted octanol–water partition coefficient (Wildman–Crippen LogP) is 0.133. The molecule has 17 heavy (non-hydrogen) atoms. The number of nitrogens with zero attached hydrogens (tertiary/aromatic N) is 1. The Morgan fingerprint density at radius 1 is 1.53 bits per heavy atom. The molecule has 5 nitrogen and oxygen atoms in total. The number of aromatic nitrogens is 1. The Hall–Kier alpha value is -1.43. The molecule has 1 atom stereocenters. The van der Waals surface area contributed by atoms with Gasteiger partial charge in [-0.1, -0.05) is 6.07 Å². The number of carbonyl (C=O) groups excluding carboxylic acids is 1. The number of pyridine rings is 1. The third-order valence-electron chi connectivity index (χ3n) is 2.79. The van der Waals surface area contributed by atoms with Crippen molar-refractivity contribution in [1.82, 2.24) is 10.3 Å². The van der Waals surface area contributed by atoms with Crippen LogP contribution in [0.15, 0.2) is 24.5 Å². The standard InChI is InChI=1S/C11H14N2O3S/c14-11(10-3-5-17(15,16)8-10)13-7-9-2-1-4-12-6-9/h1-2,4,6,10H,3,5,7-8H2,(H,13,14). The molecular weight excluding hydrogens is 240 g/mol. The molecule has 0 spiro atoms. The number of carbonyl (C=O) groups is 1. The molecule has 1 saturated heterocycles. The number of hydrogen-bond acceptors (Lipinski definition) is 4. The summed E-state index contributed by atoms with van der Waals surface area (Å²) in [6, 6.07) is 3.65. The highest BCUT2D eigenvalue weighted by Crippen LogP contribution is 2.18. The normalized spacial score (nSPS) is 22.2. The second kappa shape index (κ2) is 4.83. The highest BCUT2D eigenvalue weighted by atomic mass is 32.2. The Morgan fingerprint density at radius 2 is 2.35 bits per heavy atom. The van der Waals surface area contributed by atoms with Gasteiger partial charge in [-0.25, -0.2) is 8.42 Å². The van der Waals surface area contributed by atoms with Crippen molar-refractivity contribution in [3.05, 3.63) is 30.1 Å². The second-order valence-electron chi connectivity index (χ2n) is 4.18. The summed E-state index contributed by atoms with van der Waals surface area (Å²) in [6.07, 6.45) is 3.77. The Labute approximate surface area is 100 Å². The molecule has 0 aromatic carbocycles. The largest absolute Gasteiger partial charge is 0.352 e. The van der Waals surface area contributed by atoms with Crippen LogP contribution in [0.1, 0.15) is 12.0 Å². The van der Waals surface area contributed by atoms with E-state index in [1.807, 2.05) is 6.07 Å². The van der Waals surface area contributed by atoms with E-state index in [0.29, 0.717) is 13.0 Å². The molecule has 1 aromatic rings. The van der Waals surface area contributed by atoms with E-state index in [4.69, 9.17) is 0 Å². The van der Waals surface area contributed by atoms with Gasteiger partial charge in [0.25, 0.3) is 0 Å². The zero-order chi connectivity index (χ0) is 12.3. The predicted molar refractivity (Wildman–Crippen MR) is 62.8 cm³/mol. The van der Waals surface area contributed by atoms with Crippen LogP contribution in [0.25, 0.3) is 0 Å². The van der Waals surface area contributed by atoms with Crippen molar-refractivity contribution < 1.29 is 13.2 Å². The van der Waals surface area contributed by atoms with Crippen molar-refractivity contribution in [2.24, 2.45) is 5.92 Å². The van der Waals surface area contributed by atoms with E-state index in [0.717, 1.165) is 5.56 Å². The van der Waals surface area contributed by atoms with E-state index in [2.05, 4.69) is 10.3 Å². The van der Waals surface area contributed by atoms with Crippen molar-refractivity contribution in [1.29, 1.82) is 0 Å². The van der Waals surface area contributed by atoms with Crippen molar-refractivity contribution in [3.63, 3.8) is 0 Å². The molecule has 2 rings (SSSR count). The topological polar surface area (TPSA) is 76.1 Å². The minimum absolute atomic E-state index is 0.0220. The van der Waals surface area contributed by atoms with Crippen LogP contribution in [0.2, 0.25) is 0 Å². The third kappa shape index (κ3) is 3.26. The van der Waals surface area contributed by atoms with Crippen LogP contribution in [0, 0.1) is 5.92 Å². The Kier molecular flexibility index (Phi) is 3.42. The molecule has 0 radical (unpaired) electrons. The SMILES string of the molecule is O=C(NCc1cccnc1)C1CCS(=O)(=O)C1. The molecule has 0 saturated carbocycles. The van der Waals surface area contributed by atoms with E-state index in [9.17, 15) is 13.2 Å². The first-order valence-electron chi connectivity index (χ1n) is 5.44. The molecule has 0 aliphatic carbocycles. The number of rotatable bonds is 3. The van der Waals surface area contributed by atoms with E-state index in [-0.39, 0.29) is 17.4 Å². The Morgan fingerprint density at radius 3 is 2.94 bits per heavy atom. The van der Waals surface area contributed by atoms with Crippen LogP contribution in [0.3, 0.4) is 0 Å². The van der Waals surface area contributed by atoms with Crippen LogP contribution in [-0.4, -0.2) is 30.8 Å². The van der Waals surface area contributed by atoms with Gasteiger partial charge in [0.05, 0.1) is 17.4 Å². The first-order valence-corrected chi connectivity index (χ1v) is 7.26. The number of hydrogen-bond donors (Lipinski definition) is 1. The second-order valence-corrected chi connectivity index (χ2v) is 6.41. The fraction of sp³-hybridized carbons (Fsp3) is 0.455. The highest BCUT2D eigenvalue weighted by Gasteiger charge is 2.32. The summed E-state index contributed by atoms with van der Waals surface area (Å²) < 4.78 is 22.5. The molecule has 92 valence electrons. The molecule has 1 unspecified atom stereocenters. The van der Waals surface area contributed by atoms with Gasteiger partial charge in [-0.15, -0.1) is 0 Å². The lowest BCUT2D eigenvalue weighted by molar-refractivity contribution is -0.124. The summed E-state index contributed by atoms with van der Waals surface area (Å²) >= 11 is 0. The number of sulfone groups is 1. The van der Waals surface area contributed by atoms with E-state index in [1.54, 1.807) is 18.5 Å². The maximum absolute atomic E-state index is 11.7.